The molecule has 0 saturated carbocycles. The van der Waals surface area contributed by atoms with E-state index in [4.69, 9.17) is 9.47 Å². The molecule has 3 aromatic heterocycles. The molecule has 2 amide bonds. The lowest BCUT2D eigenvalue weighted by Crippen LogP contribution is -2.45. The lowest BCUT2D eigenvalue weighted by molar-refractivity contribution is -0.134. The van der Waals surface area contributed by atoms with Crippen LogP contribution < -0.4 is 10.1 Å². The van der Waals surface area contributed by atoms with E-state index in [-0.39, 0.29) is 11.8 Å². The highest BCUT2D eigenvalue weighted by molar-refractivity contribution is 7.15. The zero-order valence-corrected chi connectivity index (χ0v) is 29.2. The molecule has 1 atom stereocenters. The third-order valence-electron chi connectivity index (χ3n) is 9.96. The van der Waals surface area contributed by atoms with Gasteiger partial charge in [0.25, 0.3) is 0 Å². The van der Waals surface area contributed by atoms with Crippen molar-refractivity contribution in [1.29, 1.82) is 0 Å². The molecule has 5 heterocycles. The minimum absolute atomic E-state index is 0.0126. The third kappa shape index (κ3) is 7.25. The Morgan fingerprint density at radius 1 is 1.04 bits per heavy atom. The number of thiazole rings is 1. The van der Waals surface area contributed by atoms with Gasteiger partial charge in [0.15, 0.2) is 5.82 Å². The number of piperidine rings is 1. The molecule has 2 saturated heterocycles. The van der Waals surface area contributed by atoms with Crippen molar-refractivity contribution in [3.8, 4) is 27.7 Å². The van der Waals surface area contributed by atoms with Crippen LogP contribution in [0.1, 0.15) is 43.5 Å². The van der Waals surface area contributed by atoms with E-state index in [1.165, 1.54) is 0 Å². The molecule has 50 heavy (non-hydrogen) atoms. The number of carbonyl (C=O) groups excluding carboxylic acids is 2. The lowest BCUT2D eigenvalue weighted by atomic mass is 9.83. The molecule has 1 unspecified atom stereocenters. The van der Waals surface area contributed by atoms with Gasteiger partial charge >= 0.3 is 0 Å². The van der Waals surface area contributed by atoms with Gasteiger partial charge in [-0.3, -0.25) is 19.6 Å². The molecule has 2 fully saturated rings. The van der Waals surface area contributed by atoms with Gasteiger partial charge in [-0.15, -0.1) is 11.3 Å². The standard InChI is InChI=1S/C37H42N8O4S/c1-3-37(36(47)41-27-7-10-30-29(21-27)33(43-42-30)25-5-8-28(9-6-25)49-20-19-48-2)13-18-44(24-37)23-32(46)45-16-11-26(12-17-45)35-40-22-31(50-35)34-38-14-4-15-39-34/h4-10,14-15,21-22,26H,3,11-13,16-20,23-24H2,1-2H3,(H,41,47)(H,42,43). The number of aromatic amines is 1. The van der Waals surface area contributed by atoms with Gasteiger partial charge in [-0.2, -0.15) is 5.10 Å². The SMILES string of the molecule is CCC1(C(=O)Nc2ccc3[nH]nc(-c4ccc(OCCOC)cc4)c3c2)CCN(CC(=O)N2CCC(c3ncc(-c4ncccn4)s3)CC2)C1. The summed E-state index contributed by atoms with van der Waals surface area (Å²) < 4.78 is 10.8. The molecule has 12 nitrogen and oxygen atoms in total. The molecular formula is C37H42N8O4S. The first-order valence-electron chi connectivity index (χ1n) is 17.2. The van der Waals surface area contributed by atoms with Crippen LogP contribution >= 0.6 is 11.3 Å². The maximum Gasteiger partial charge on any atom is 0.236 e. The summed E-state index contributed by atoms with van der Waals surface area (Å²) in [5, 5.41) is 12.9. The van der Waals surface area contributed by atoms with Crippen molar-refractivity contribution >= 4 is 39.7 Å². The molecule has 0 bridgehead atoms. The van der Waals surface area contributed by atoms with Gasteiger partial charge < -0.3 is 19.7 Å². The summed E-state index contributed by atoms with van der Waals surface area (Å²) in [4.78, 5) is 45.7. The molecule has 260 valence electrons. The Morgan fingerprint density at radius 3 is 2.60 bits per heavy atom. The summed E-state index contributed by atoms with van der Waals surface area (Å²) >= 11 is 1.64. The van der Waals surface area contributed by atoms with Crippen LogP contribution in [0.3, 0.4) is 0 Å². The number of nitrogens with one attached hydrogen (secondary N) is 2. The van der Waals surface area contributed by atoms with Crippen LogP contribution in [0.25, 0.3) is 32.9 Å². The number of fused-ring (bicyclic) bond motifs is 1. The number of likely N-dealkylation sites (tertiary alicyclic amines) is 2. The second kappa shape index (κ2) is 15.0. The first kappa shape index (κ1) is 33.8. The van der Waals surface area contributed by atoms with E-state index in [0.29, 0.717) is 70.5 Å². The second-order valence-corrected chi connectivity index (χ2v) is 14.1. The highest BCUT2D eigenvalue weighted by Crippen LogP contribution is 2.37. The highest BCUT2D eigenvalue weighted by atomic mass is 32.1. The Bertz CT molecular complexity index is 1920. The molecule has 0 aliphatic carbocycles. The van der Waals surface area contributed by atoms with Crippen LogP contribution in [-0.2, 0) is 14.3 Å². The number of ether oxygens (including phenoxy) is 2. The molecule has 2 N–H and O–H groups in total. The van der Waals surface area contributed by atoms with Gasteiger partial charge in [0.1, 0.15) is 12.4 Å². The van der Waals surface area contributed by atoms with Crippen molar-refractivity contribution < 1.29 is 19.1 Å². The summed E-state index contributed by atoms with van der Waals surface area (Å²) in [6, 6.07) is 15.4. The number of amides is 2. The predicted octanol–water partition coefficient (Wildman–Crippen LogP) is 5.62. The summed E-state index contributed by atoms with van der Waals surface area (Å²) in [5.74, 6) is 1.90. The normalized spacial score (nSPS) is 18.5. The number of carbonyl (C=O) groups is 2. The molecule has 2 aliphatic rings. The van der Waals surface area contributed by atoms with Crippen molar-refractivity contribution in [2.24, 2.45) is 5.41 Å². The number of nitrogens with zero attached hydrogens (tertiary/aromatic N) is 6. The van der Waals surface area contributed by atoms with E-state index >= 15 is 0 Å². The van der Waals surface area contributed by atoms with E-state index in [1.54, 1.807) is 36.9 Å². The van der Waals surface area contributed by atoms with Gasteiger partial charge in [-0.25, -0.2) is 15.0 Å². The predicted molar refractivity (Wildman–Crippen MR) is 193 cm³/mol. The van der Waals surface area contributed by atoms with E-state index in [0.717, 1.165) is 56.3 Å². The second-order valence-electron chi connectivity index (χ2n) is 13.0. The number of aromatic nitrogens is 5. The van der Waals surface area contributed by atoms with Crippen molar-refractivity contribution in [3.63, 3.8) is 0 Å². The summed E-state index contributed by atoms with van der Waals surface area (Å²) in [6.07, 6.45) is 8.50. The largest absolute Gasteiger partial charge is 0.491 e. The minimum Gasteiger partial charge on any atom is -0.491 e. The number of benzene rings is 2. The zero-order valence-electron chi connectivity index (χ0n) is 28.4. The monoisotopic (exact) mass is 694 g/mol. The number of hydrogen-bond donors (Lipinski definition) is 2. The fourth-order valence-corrected chi connectivity index (χ4v) is 7.96. The molecule has 13 heteroatoms. The molecule has 0 radical (unpaired) electrons. The third-order valence-corrected chi connectivity index (χ3v) is 11.1. The van der Waals surface area contributed by atoms with Crippen LogP contribution in [0.5, 0.6) is 5.75 Å². The minimum atomic E-state index is -0.564. The lowest BCUT2D eigenvalue weighted by Gasteiger charge is -2.32. The zero-order chi connectivity index (χ0) is 34.5. The van der Waals surface area contributed by atoms with E-state index in [1.807, 2.05) is 53.6 Å². The van der Waals surface area contributed by atoms with Gasteiger partial charge in [0.2, 0.25) is 11.8 Å². The van der Waals surface area contributed by atoms with Gasteiger partial charge in [0.05, 0.1) is 39.7 Å². The Morgan fingerprint density at radius 2 is 1.84 bits per heavy atom. The highest BCUT2D eigenvalue weighted by Gasteiger charge is 2.44. The quantitative estimate of drug-likeness (QED) is 0.160. The Kier molecular flexibility index (Phi) is 10.2. The Hall–Kier alpha value is -4.72. The van der Waals surface area contributed by atoms with Crippen LogP contribution in [0.2, 0.25) is 0 Å². The molecule has 2 aromatic carbocycles. The van der Waals surface area contributed by atoms with E-state index < -0.39 is 5.41 Å². The number of methoxy groups -OCH3 is 1. The van der Waals surface area contributed by atoms with Crippen LogP contribution in [-0.4, -0.2) is 99.8 Å². The van der Waals surface area contributed by atoms with E-state index in [9.17, 15) is 9.59 Å². The first-order chi connectivity index (χ1) is 24.4. The maximum atomic E-state index is 13.8. The topological polar surface area (TPSA) is 138 Å². The number of rotatable bonds is 12. The molecule has 5 aromatic rings. The molecular weight excluding hydrogens is 653 g/mol. The first-order valence-corrected chi connectivity index (χ1v) is 18.0. The number of hydrogen-bond acceptors (Lipinski definition) is 10. The Balaban J connectivity index is 0.935. The average Bonchev–Trinajstić information content (AvgIpc) is 3.92. The van der Waals surface area contributed by atoms with Crippen molar-refractivity contribution in [1.82, 2.24) is 34.9 Å². The fourth-order valence-electron chi connectivity index (χ4n) is 6.93. The van der Waals surface area contributed by atoms with Crippen LogP contribution in [0.4, 0.5) is 5.69 Å². The smallest absolute Gasteiger partial charge is 0.236 e. The van der Waals surface area contributed by atoms with Gasteiger partial charge in [-0.1, -0.05) is 6.92 Å². The summed E-state index contributed by atoms with van der Waals surface area (Å²) in [7, 11) is 1.65. The van der Waals surface area contributed by atoms with Gasteiger partial charge in [-0.05, 0) is 80.8 Å². The summed E-state index contributed by atoms with van der Waals surface area (Å²) in [5.41, 5.74) is 2.79. The maximum absolute atomic E-state index is 13.8. The fraction of sp³-hybridized carbons (Fsp3) is 0.405. The van der Waals surface area contributed by atoms with Crippen LogP contribution in [0.15, 0.2) is 67.1 Å². The summed E-state index contributed by atoms with van der Waals surface area (Å²) in [6.45, 7) is 6.08. The average molecular weight is 695 g/mol. The number of H-pyrrole nitrogens is 1. The van der Waals surface area contributed by atoms with Crippen molar-refractivity contribution in [2.45, 2.75) is 38.5 Å². The van der Waals surface area contributed by atoms with Crippen molar-refractivity contribution in [2.75, 3.05) is 58.4 Å². The van der Waals surface area contributed by atoms with E-state index in [2.05, 4.69) is 42.3 Å². The van der Waals surface area contributed by atoms with Crippen molar-refractivity contribution in [3.05, 3.63) is 72.1 Å². The Labute approximate surface area is 295 Å². The molecule has 0 spiro atoms. The number of anilines is 1. The molecule has 2 aliphatic heterocycles. The molecule has 7 rings (SSSR count). The van der Waals surface area contributed by atoms with Crippen LogP contribution in [0, 0.1) is 5.41 Å². The van der Waals surface area contributed by atoms with Gasteiger partial charge in [0, 0.05) is 67.9 Å².